The summed E-state index contributed by atoms with van der Waals surface area (Å²) in [6.07, 6.45) is 1.77. The molecule has 0 bridgehead atoms. The predicted octanol–water partition coefficient (Wildman–Crippen LogP) is -0.326. The average Bonchev–Trinajstić information content (AvgIpc) is 2.57. The van der Waals surface area contributed by atoms with Gasteiger partial charge in [-0.1, -0.05) is 0 Å². The van der Waals surface area contributed by atoms with Crippen molar-refractivity contribution in [3.05, 3.63) is 0 Å². The van der Waals surface area contributed by atoms with Gasteiger partial charge in [-0.05, 0) is 12.8 Å². The fourth-order valence-electron chi connectivity index (χ4n) is 2.54. The number of aliphatic hydroxyl groups excluding tert-OH is 1. The monoisotopic (exact) mass is 213 g/mol. The van der Waals surface area contributed by atoms with Gasteiger partial charge in [-0.2, -0.15) is 0 Å². The molecule has 3 atom stereocenters. The topological polar surface area (TPSA) is 66.8 Å². The Balaban J connectivity index is 2.20. The van der Waals surface area contributed by atoms with Crippen molar-refractivity contribution in [3.8, 4) is 0 Å². The summed E-state index contributed by atoms with van der Waals surface area (Å²) >= 11 is 0. The number of carbonyl (C=O) groups is 2. The highest BCUT2D eigenvalue weighted by Crippen LogP contribution is 2.33. The van der Waals surface area contributed by atoms with E-state index in [0.29, 0.717) is 12.8 Å². The number of rotatable bonds is 1. The molecule has 0 spiro atoms. The fourth-order valence-corrected chi connectivity index (χ4v) is 2.54. The highest BCUT2D eigenvalue weighted by atomic mass is 16.5. The van der Waals surface area contributed by atoms with E-state index < -0.39 is 18.1 Å². The lowest BCUT2D eigenvalue weighted by Gasteiger charge is -2.33. The van der Waals surface area contributed by atoms with E-state index in [1.807, 2.05) is 0 Å². The molecule has 0 saturated carbocycles. The molecule has 2 aliphatic heterocycles. The second kappa shape index (κ2) is 3.81. The van der Waals surface area contributed by atoms with E-state index in [9.17, 15) is 14.7 Å². The van der Waals surface area contributed by atoms with E-state index in [0.717, 1.165) is 12.8 Å². The molecule has 2 fully saturated rings. The number of amides is 1. The summed E-state index contributed by atoms with van der Waals surface area (Å²) in [6.45, 7) is 0. The molecule has 2 heterocycles. The Morgan fingerprint density at radius 3 is 3.00 bits per heavy atom. The van der Waals surface area contributed by atoms with Gasteiger partial charge in [0.1, 0.15) is 6.04 Å². The van der Waals surface area contributed by atoms with Crippen molar-refractivity contribution in [2.75, 3.05) is 7.11 Å². The number of methoxy groups -OCH3 is 1. The van der Waals surface area contributed by atoms with Crippen LogP contribution in [-0.2, 0) is 14.3 Å². The van der Waals surface area contributed by atoms with Crippen LogP contribution in [0.2, 0.25) is 0 Å². The van der Waals surface area contributed by atoms with Crippen LogP contribution in [0.3, 0.4) is 0 Å². The maximum Gasteiger partial charge on any atom is 0.328 e. The lowest BCUT2D eigenvalue weighted by molar-refractivity contribution is -0.153. The highest BCUT2D eigenvalue weighted by Gasteiger charge is 2.47. The van der Waals surface area contributed by atoms with Gasteiger partial charge in [0.15, 0.2) is 0 Å². The third kappa shape index (κ3) is 1.61. The van der Waals surface area contributed by atoms with Crippen molar-refractivity contribution in [1.29, 1.82) is 0 Å². The van der Waals surface area contributed by atoms with Gasteiger partial charge in [-0.3, -0.25) is 4.79 Å². The van der Waals surface area contributed by atoms with Gasteiger partial charge >= 0.3 is 5.97 Å². The van der Waals surface area contributed by atoms with Gasteiger partial charge < -0.3 is 14.7 Å². The van der Waals surface area contributed by atoms with Crippen LogP contribution < -0.4 is 0 Å². The molecule has 5 nitrogen and oxygen atoms in total. The number of carbonyl (C=O) groups excluding carboxylic acids is 2. The minimum absolute atomic E-state index is 0.0433. The van der Waals surface area contributed by atoms with Gasteiger partial charge in [-0.15, -0.1) is 0 Å². The quantitative estimate of drug-likeness (QED) is 0.606. The summed E-state index contributed by atoms with van der Waals surface area (Å²) in [7, 11) is 1.30. The maximum absolute atomic E-state index is 11.7. The van der Waals surface area contributed by atoms with Gasteiger partial charge in [0.2, 0.25) is 5.91 Å². The highest BCUT2D eigenvalue weighted by molar-refractivity contribution is 5.86. The zero-order valence-electron chi connectivity index (χ0n) is 8.68. The Hall–Kier alpha value is -1.10. The number of esters is 1. The minimum Gasteiger partial charge on any atom is -0.467 e. The van der Waals surface area contributed by atoms with Crippen LogP contribution in [0, 0.1) is 0 Å². The van der Waals surface area contributed by atoms with Crippen molar-refractivity contribution in [2.24, 2.45) is 0 Å². The largest absolute Gasteiger partial charge is 0.467 e. The van der Waals surface area contributed by atoms with Crippen molar-refractivity contribution in [3.63, 3.8) is 0 Å². The van der Waals surface area contributed by atoms with Crippen LogP contribution in [0.25, 0.3) is 0 Å². The summed E-state index contributed by atoms with van der Waals surface area (Å²) in [5, 5.41) is 9.76. The van der Waals surface area contributed by atoms with E-state index in [1.165, 1.54) is 12.0 Å². The third-order valence-electron chi connectivity index (χ3n) is 3.25. The molecule has 0 aromatic heterocycles. The number of ether oxygens (including phenoxy) is 1. The molecule has 2 rings (SSSR count). The molecular formula is C10H15NO4. The molecule has 0 unspecified atom stereocenters. The standard InChI is InChI=1S/C10H15NO4/c1-15-10(14)7-5-8(12)6-3-2-4-9(13)11(6)7/h6-8,12H,2-5H2,1H3/t6-,7+,8-/m1/s1. The van der Waals surface area contributed by atoms with Gasteiger partial charge in [0.05, 0.1) is 19.3 Å². The Labute approximate surface area is 88.0 Å². The van der Waals surface area contributed by atoms with Crippen LogP contribution in [0.15, 0.2) is 0 Å². The first-order chi connectivity index (χ1) is 7.15. The summed E-state index contributed by atoms with van der Waals surface area (Å²) in [4.78, 5) is 24.6. The van der Waals surface area contributed by atoms with Gasteiger partial charge in [0, 0.05) is 12.8 Å². The Morgan fingerprint density at radius 2 is 2.33 bits per heavy atom. The number of aliphatic hydroxyl groups is 1. The van der Waals surface area contributed by atoms with Gasteiger partial charge in [-0.25, -0.2) is 4.79 Å². The first-order valence-electron chi connectivity index (χ1n) is 5.22. The second-order valence-electron chi connectivity index (χ2n) is 4.10. The normalized spacial score (nSPS) is 35.2. The zero-order chi connectivity index (χ0) is 11.0. The van der Waals surface area contributed by atoms with E-state index in [-0.39, 0.29) is 11.9 Å². The molecule has 0 aromatic carbocycles. The lowest BCUT2D eigenvalue weighted by atomic mass is 10.0. The predicted molar refractivity (Wildman–Crippen MR) is 50.9 cm³/mol. The van der Waals surface area contributed by atoms with Gasteiger partial charge in [0.25, 0.3) is 0 Å². The second-order valence-corrected chi connectivity index (χ2v) is 4.10. The Kier molecular flexibility index (Phi) is 2.65. The van der Waals surface area contributed by atoms with Crippen molar-refractivity contribution >= 4 is 11.9 Å². The Bertz CT molecular complexity index is 291. The average molecular weight is 213 g/mol. The smallest absolute Gasteiger partial charge is 0.328 e. The van der Waals surface area contributed by atoms with Crippen LogP contribution in [0.4, 0.5) is 0 Å². The molecule has 0 aromatic rings. The molecule has 2 aliphatic rings. The third-order valence-corrected chi connectivity index (χ3v) is 3.25. The molecule has 5 heteroatoms. The molecule has 1 N–H and O–H groups in total. The van der Waals surface area contributed by atoms with E-state index in [2.05, 4.69) is 4.74 Å². The van der Waals surface area contributed by atoms with Crippen LogP contribution in [-0.4, -0.2) is 47.2 Å². The number of fused-ring (bicyclic) bond motifs is 1. The minimum atomic E-state index is -0.585. The zero-order valence-corrected chi connectivity index (χ0v) is 8.68. The number of piperidine rings is 1. The molecule has 1 amide bonds. The molecule has 84 valence electrons. The first-order valence-corrected chi connectivity index (χ1v) is 5.22. The maximum atomic E-state index is 11.7. The fraction of sp³-hybridized carbons (Fsp3) is 0.800. The Morgan fingerprint density at radius 1 is 1.60 bits per heavy atom. The summed E-state index contributed by atoms with van der Waals surface area (Å²) in [6, 6.07) is -0.766. The lowest BCUT2D eigenvalue weighted by Crippen LogP contribution is -2.48. The van der Waals surface area contributed by atoms with Crippen molar-refractivity contribution < 1.29 is 19.4 Å². The summed E-state index contributed by atoms with van der Waals surface area (Å²) < 4.78 is 4.64. The van der Waals surface area contributed by atoms with E-state index >= 15 is 0 Å². The van der Waals surface area contributed by atoms with E-state index in [4.69, 9.17) is 0 Å². The van der Waals surface area contributed by atoms with Crippen molar-refractivity contribution in [2.45, 2.75) is 43.9 Å². The van der Waals surface area contributed by atoms with Crippen LogP contribution >= 0.6 is 0 Å². The number of hydrogen-bond acceptors (Lipinski definition) is 4. The first kappa shape index (κ1) is 10.4. The van der Waals surface area contributed by atoms with Crippen molar-refractivity contribution in [1.82, 2.24) is 4.90 Å². The van der Waals surface area contributed by atoms with E-state index in [1.54, 1.807) is 0 Å². The molecule has 0 aliphatic carbocycles. The summed E-state index contributed by atoms with van der Waals surface area (Å²) in [5.41, 5.74) is 0. The number of hydrogen-bond donors (Lipinski definition) is 1. The van der Waals surface area contributed by atoms with Crippen LogP contribution in [0.5, 0.6) is 0 Å². The summed E-state index contributed by atoms with van der Waals surface area (Å²) in [5.74, 6) is -0.468. The number of nitrogens with zero attached hydrogens (tertiary/aromatic N) is 1. The molecule has 15 heavy (non-hydrogen) atoms. The molecular weight excluding hydrogens is 198 g/mol. The molecule has 2 saturated heterocycles. The van der Waals surface area contributed by atoms with Crippen LogP contribution in [0.1, 0.15) is 25.7 Å². The molecule has 0 radical (unpaired) electrons. The SMILES string of the molecule is COC(=O)[C@@H]1C[C@@H](O)[C@H]2CCCC(=O)N21.